The molecule has 0 saturated carbocycles. The Bertz CT molecular complexity index is 954. The summed E-state index contributed by atoms with van der Waals surface area (Å²) in [4.78, 5) is 14.3. The number of carbonyl (C=O) groups is 1. The number of aromatic nitrogens is 1. The van der Waals surface area contributed by atoms with E-state index in [0.717, 1.165) is 28.5 Å². The lowest BCUT2D eigenvalue weighted by Gasteiger charge is -2.17. The van der Waals surface area contributed by atoms with Gasteiger partial charge in [-0.15, -0.1) is 0 Å². The van der Waals surface area contributed by atoms with E-state index in [2.05, 4.69) is 5.16 Å². The average Bonchev–Trinajstić information content (AvgIpc) is 3.24. The second kappa shape index (κ2) is 8.21. The summed E-state index contributed by atoms with van der Waals surface area (Å²) in [6.45, 7) is 6.28. The molecule has 0 atom stereocenters. The minimum atomic E-state index is -0.135. The quantitative estimate of drug-likeness (QED) is 0.611. The molecule has 0 aliphatic heterocycles. The van der Waals surface area contributed by atoms with Crippen LogP contribution in [0.2, 0.25) is 0 Å². The fourth-order valence-electron chi connectivity index (χ4n) is 2.87. The first-order valence-corrected chi connectivity index (χ1v) is 8.92. The Kier molecular flexibility index (Phi) is 5.73. The molecule has 7 nitrogen and oxygen atoms in total. The SMILES string of the molecule is COc1cc(C(=O)N(C)Cc2ccc(C)o2)ccc1OCc1c(C)noc1C. The molecule has 0 aliphatic carbocycles. The van der Waals surface area contributed by atoms with Gasteiger partial charge in [0.15, 0.2) is 11.5 Å². The topological polar surface area (TPSA) is 77.9 Å². The van der Waals surface area contributed by atoms with Gasteiger partial charge in [0.05, 0.1) is 24.9 Å². The van der Waals surface area contributed by atoms with E-state index in [0.29, 0.717) is 30.2 Å². The van der Waals surface area contributed by atoms with Gasteiger partial charge in [-0.25, -0.2) is 0 Å². The maximum atomic E-state index is 12.7. The summed E-state index contributed by atoms with van der Waals surface area (Å²) in [7, 11) is 3.27. The Morgan fingerprint density at radius 3 is 2.54 bits per heavy atom. The van der Waals surface area contributed by atoms with E-state index >= 15 is 0 Å². The van der Waals surface area contributed by atoms with Gasteiger partial charge in [-0.05, 0) is 51.1 Å². The van der Waals surface area contributed by atoms with Crippen molar-refractivity contribution >= 4 is 5.91 Å². The minimum absolute atomic E-state index is 0.135. The molecule has 0 fully saturated rings. The van der Waals surface area contributed by atoms with Crippen molar-refractivity contribution in [3.8, 4) is 11.5 Å². The third-order valence-electron chi connectivity index (χ3n) is 4.50. The normalized spacial score (nSPS) is 10.8. The van der Waals surface area contributed by atoms with Crippen LogP contribution < -0.4 is 9.47 Å². The van der Waals surface area contributed by atoms with Gasteiger partial charge in [0.2, 0.25) is 0 Å². The van der Waals surface area contributed by atoms with Crippen LogP contribution in [0, 0.1) is 20.8 Å². The molecule has 0 radical (unpaired) electrons. The molecule has 2 heterocycles. The molecule has 7 heteroatoms. The van der Waals surface area contributed by atoms with Crippen molar-refractivity contribution in [3.63, 3.8) is 0 Å². The van der Waals surface area contributed by atoms with Gasteiger partial charge in [-0.1, -0.05) is 5.16 Å². The molecule has 28 heavy (non-hydrogen) atoms. The lowest BCUT2D eigenvalue weighted by Crippen LogP contribution is -2.26. The molecule has 0 saturated heterocycles. The van der Waals surface area contributed by atoms with Crippen LogP contribution in [0.5, 0.6) is 11.5 Å². The number of amides is 1. The van der Waals surface area contributed by atoms with Gasteiger partial charge in [0.25, 0.3) is 5.91 Å². The highest BCUT2D eigenvalue weighted by molar-refractivity contribution is 5.94. The predicted octanol–water partition coefficient (Wildman–Crippen LogP) is 4.05. The summed E-state index contributed by atoms with van der Waals surface area (Å²) in [5.74, 6) is 3.17. The van der Waals surface area contributed by atoms with Crippen molar-refractivity contribution < 1.29 is 23.2 Å². The second-order valence-corrected chi connectivity index (χ2v) is 6.63. The number of nitrogens with zero attached hydrogens (tertiary/aromatic N) is 2. The number of hydrogen-bond acceptors (Lipinski definition) is 6. The number of carbonyl (C=O) groups excluding carboxylic acids is 1. The van der Waals surface area contributed by atoms with E-state index in [1.54, 1.807) is 37.3 Å². The number of rotatable bonds is 7. The maximum absolute atomic E-state index is 12.7. The zero-order chi connectivity index (χ0) is 20.3. The van der Waals surface area contributed by atoms with Crippen LogP contribution in [-0.2, 0) is 13.2 Å². The molecule has 0 unspecified atom stereocenters. The minimum Gasteiger partial charge on any atom is -0.493 e. The summed E-state index contributed by atoms with van der Waals surface area (Å²) >= 11 is 0. The van der Waals surface area contributed by atoms with Crippen molar-refractivity contribution in [3.05, 3.63) is 64.4 Å². The summed E-state index contributed by atoms with van der Waals surface area (Å²) < 4.78 is 22.0. The van der Waals surface area contributed by atoms with E-state index in [4.69, 9.17) is 18.4 Å². The van der Waals surface area contributed by atoms with Crippen LogP contribution in [0.25, 0.3) is 0 Å². The molecule has 148 valence electrons. The van der Waals surface area contributed by atoms with Gasteiger partial charge in [0.1, 0.15) is 23.9 Å². The molecular formula is C21H24N2O5. The Labute approximate surface area is 163 Å². The molecule has 1 amide bonds. The molecule has 0 aliphatic rings. The number of aryl methyl sites for hydroxylation is 3. The molecule has 1 aromatic carbocycles. The van der Waals surface area contributed by atoms with E-state index in [9.17, 15) is 4.79 Å². The smallest absolute Gasteiger partial charge is 0.254 e. The van der Waals surface area contributed by atoms with Crippen LogP contribution in [0.1, 0.15) is 38.9 Å². The fourth-order valence-corrected chi connectivity index (χ4v) is 2.87. The van der Waals surface area contributed by atoms with Gasteiger partial charge in [-0.2, -0.15) is 0 Å². The van der Waals surface area contributed by atoms with E-state index in [1.165, 1.54) is 0 Å². The Morgan fingerprint density at radius 2 is 1.93 bits per heavy atom. The van der Waals surface area contributed by atoms with Crippen molar-refractivity contribution in [2.75, 3.05) is 14.2 Å². The summed E-state index contributed by atoms with van der Waals surface area (Å²) in [6, 6.07) is 8.87. The Hall–Kier alpha value is -3.22. The molecule has 0 spiro atoms. The predicted molar refractivity (Wildman–Crippen MR) is 103 cm³/mol. The number of ether oxygens (including phenoxy) is 2. The van der Waals surface area contributed by atoms with Crippen LogP contribution >= 0.6 is 0 Å². The van der Waals surface area contributed by atoms with Gasteiger partial charge in [-0.3, -0.25) is 4.79 Å². The summed E-state index contributed by atoms with van der Waals surface area (Å²) in [5.41, 5.74) is 2.20. The van der Waals surface area contributed by atoms with Gasteiger partial charge < -0.3 is 23.3 Å². The monoisotopic (exact) mass is 384 g/mol. The summed E-state index contributed by atoms with van der Waals surface area (Å²) in [6.07, 6.45) is 0. The first-order chi connectivity index (χ1) is 13.4. The molecule has 2 aromatic heterocycles. The standard InChI is InChI=1S/C21H24N2O5/c1-13-6-8-17(27-13)11-23(4)21(24)16-7-9-19(20(10-16)25-5)26-12-18-14(2)22-28-15(18)3/h6-10H,11-12H2,1-5H3. The van der Waals surface area contributed by atoms with Crippen LogP contribution in [0.3, 0.4) is 0 Å². The Balaban J connectivity index is 1.72. The summed E-state index contributed by atoms with van der Waals surface area (Å²) in [5, 5.41) is 3.92. The zero-order valence-electron chi connectivity index (χ0n) is 16.7. The molecule has 0 bridgehead atoms. The van der Waals surface area contributed by atoms with Crippen LogP contribution in [0.15, 0.2) is 39.3 Å². The highest BCUT2D eigenvalue weighted by Crippen LogP contribution is 2.30. The third-order valence-corrected chi connectivity index (χ3v) is 4.50. The molecule has 3 aromatic rings. The fraction of sp³-hybridized carbons (Fsp3) is 0.333. The number of methoxy groups -OCH3 is 1. The van der Waals surface area contributed by atoms with Crippen molar-refractivity contribution in [1.82, 2.24) is 10.1 Å². The first kappa shape index (κ1) is 19.5. The lowest BCUT2D eigenvalue weighted by molar-refractivity contribution is 0.0774. The lowest BCUT2D eigenvalue weighted by atomic mass is 10.1. The van der Waals surface area contributed by atoms with E-state index in [1.807, 2.05) is 32.9 Å². The highest BCUT2D eigenvalue weighted by atomic mass is 16.5. The Morgan fingerprint density at radius 1 is 1.14 bits per heavy atom. The number of hydrogen-bond donors (Lipinski definition) is 0. The van der Waals surface area contributed by atoms with Crippen LogP contribution in [-0.4, -0.2) is 30.1 Å². The third kappa shape index (κ3) is 4.19. The van der Waals surface area contributed by atoms with E-state index < -0.39 is 0 Å². The van der Waals surface area contributed by atoms with Crippen molar-refractivity contribution in [2.24, 2.45) is 0 Å². The average molecular weight is 384 g/mol. The van der Waals surface area contributed by atoms with Gasteiger partial charge in [0, 0.05) is 12.6 Å². The number of furan rings is 1. The molecule has 0 N–H and O–H groups in total. The van der Waals surface area contributed by atoms with Crippen LogP contribution in [0.4, 0.5) is 0 Å². The van der Waals surface area contributed by atoms with Crippen molar-refractivity contribution in [1.29, 1.82) is 0 Å². The van der Waals surface area contributed by atoms with Gasteiger partial charge >= 0.3 is 0 Å². The molecule has 3 rings (SSSR count). The first-order valence-electron chi connectivity index (χ1n) is 8.92. The second-order valence-electron chi connectivity index (χ2n) is 6.63. The molecular weight excluding hydrogens is 360 g/mol. The largest absolute Gasteiger partial charge is 0.493 e. The highest BCUT2D eigenvalue weighted by Gasteiger charge is 2.17. The maximum Gasteiger partial charge on any atom is 0.254 e. The van der Waals surface area contributed by atoms with Crippen molar-refractivity contribution in [2.45, 2.75) is 33.9 Å². The zero-order valence-corrected chi connectivity index (χ0v) is 16.7. The van der Waals surface area contributed by atoms with E-state index in [-0.39, 0.29) is 5.91 Å². The number of benzene rings is 1.